The van der Waals surface area contributed by atoms with Gasteiger partial charge in [0.25, 0.3) is 0 Å². The highest BCUT2D eigenvalue weighted by Gasteiger charge is 2.28. The highest BCUT2D eigenvalue weighted by atomic mass is 19.1. The van der Waals surface area contributed by atoms with Crippen LogP contribution in [-0.4, -0.2) is 11.8 Å². The Bertz CT molecular complexity index is 499. The van der Waals surface area contributed by atoms with Crippen LogP contribution in [0.4, 0.5) is 4.39 Å². The van der Waals surface area contributed by atoms with Crippen LogP contribution in [0.25, 0.3) is 0 Å². The van der Waals surface area contributed by atoms with E-state index in [1.165, 1.54) is 6.07 Å². The largest absolute Gasteiger partial charge is 0.296 e. The topological polar surface area (TPSA) is 46.2 Å². The Morgan fingerprint density at radius 1 is 1.37 bits per heavy atom. The Morgan fingerprint density at radius 3 is 2.79 bits per heavy atom. The van der Waals surface area contributed by atoms with Crippen LogP contribution in [0.1, 0.15) is 49.7 Å². The van der Waals surface area contributed by atoms with E-state index >= 15 is 0 Å². The predicted octanol–water partition coefficient (Wildman–Crippen LogP) is 2.69. The minimum absolute atomic E-state index is 0.249. The van der Waals surface area contributed by atoms with Gasteiger partial charge in [-0.25, -0.2) is 4.39 Å². The molecule has 1 heterocycles. The lowest BCUT2D eigenvalue weighted by molar-refractivity contribution is -0.134. The van der Waals surface area contributed by atoms with Crippen LogP contribution >= 0.6 is 0 Å². The van der Waals surface area contributed by atoms with E-state index in [4.69, 9.17) is 0 Å². The molecule has 1 N–H and O–H groups in total. The molecule has 2 rings (SSSR count). The summed E-state index contributed by atoms with van der Waals surface area (Å²) in [6.45, 7) is 2.07. The van der Waals surface area contributed by atoms with E-state index in [1.54, 1.807) is 12.1 Å². The number of nitrogens with one attached hydrogen (secondary N) is 1. The van der Waals surface area contributed by atoms with Crippen molar-refractivity contribution in [1.82, 2.24) is 5.32 Å². The third-order valence-electron chi connectivity index (χ3n) is 3.52. The van der Waals surface area contributed by atoms with Gasteiger partial charge in [0.2, 0.25) is 11.8 Å². The molecule has 2 amide bonds. The van der Waals surface area contributed by atoms with Crippen LogP contribution in [-0.2, 0) is 16.0 Å². The first-order valence-corrected chi connectivity index (χ1v) is 6.74. The lowest BCUT2D eigenvalue weighted by Gasteiger charge is -2.21. The summed E-state index contributed by atoms with van der Waals surface area (Å²) in [6, 6.07) is 4.99. The van der Waals surface area contributed by atoms with Crippen molar-refractivity contribution < 1.29 is 14.0 Å². The van der Waals surface area contributed by atoms with Crippen molar-refractivity contribution in [2.75, 3.05) is 0 Å². The van der Waals surface area contributed by atoms with Gasteiger partial charge in [-0.15, -0.1) is 0 Å². The standard InChI is InChI=1S/C15H18FNO2/c1-2-3-4-10-5-6-11(9-13(10)16)12-7-8-14(18)17-15(12)19/h5-6,9,12H,2-4,7-8H2,1H3,(H,17,18,19). The number of piperidine rings is 1. The number of aryl methyl sites for hydroxylation is 1. The molecule has 0 bridgehead atoms. The average Bonchev–Trinajstić information content (AvgIpc) is 2.37. The second-order valence-corrected chi connectivity index (χ2v) is 4.96. The first kappa shape index (κ1) is 13.7. The van der Waals surface area contributed by atoms with Crippen LogP contribution in [0.5, 0.6) is 0 Å². The average molecular weight is 263 g/mol. The van der Waals surface area contributed by atoms with E-state index < -0.39 is 5.92 Å². The smallest absolute Gasteiger partial charge is 0.234 e. The molecular weight excluding hydrogens is 245 g/mol. The summed E-state index contributed by atoms with van der Waals surface area (Å²) in [5.74, 6) is -1.23. The number of unbranched alkanes of at least 4 members (excludes halogenated alkanes) is 1. The number of imide groups is 1. The lowest BCUT2D eigenvalue weighted by Crippen LogP contribution is -2.39. The monoisotopic (exact) mass is 263 g/mol. The molecule has 0 radical (unpaired) electrons. The summed E-state index contributed by atoms with van der Waals surface area (Å²) in [5.41, 5.74) is 1.35. The van der Waals surface area contributed by atoms with Crippen molar-refractivity contribution in [3.63, 3.8) is 0 Å². The Kier molecular flexibility index (Phi) is 4.30. The molecule has 1 saturated heterocycles. The number of hydrogen-bond donors (Lipinski definition) is 1. The number of hydrogen-bond acceptors (Lipinski definition) is 2. The van der Waals surface area contributed by atoms with Crippen LogP contribution < -0.4 is 5.32 Å². The van der Waals surface area contributed by atoms with Gasteiger partial charge in [-0.05, 0) is 36.5 Å². The summed E-state index contributed by atoms with van der Waals surface area (Å²) >= 11 is 0. The SMILES string of the molecule is CCCCc1ccc(C2CCC(=O)NC2=O)cc1F. The molecule has 1 aliphatic heterocycles. The number of rotatable bonds is 4. The van der Waals surface area contributed by atoms with E-state index in [0.29, 0.717) is 24.0 Å². The van der Waals surface area contributed by atoms with Crippen molar-refractivity contribution in [3.8, 4) is 0 Å². The minimum atomic E-state index is -0.410. The molecule has 1 fully saturated rings. The zero-order chi connectivity index (χ0) is 13.8. The second kappa shape index (κ2) is 5.95. The van der Waals surface area contributed by atoms with Gasteiger partial charge in [0.05, 0.1) is 5.92 Å². The molecule has 1 atom stereocenters. The molecule has 3 nitrogen and oxygen atoms in total. The summed E-state index contributed by atoms with van der Waals surface area (Å²) < 4.78 is 13.9. The Morgan fingerprint density at radius 2 is 2.16 bits per heavy atom. The molecule has 1 aromatic rings. The van der Waals surface area contributed by atoms with E-state index in [0.717, 1.165) is 19.3 Å². The van der Waals surface area contributed by atoms with Crippen molar-refractivity contribution in [2.24, 2.45) is 0 Å². The molecule has 19 heavy (non-hydrogen) atoms. The van der Waals surface area contributed by atoms with E-state index in [1.807, 2.05) is 0 Å². The third-order valence-corrected chi connectivity index (χ3v) is 3.52. The fraction of sp³-hybridized carbons (Fsp3) is 0.467. The van der Waals surface area contributed by atoms with Gasteiger partial charge >= 0.3 is 0 Å². The lowest BCUT2D eigenvalue weighted by atomic mass is 9.89. The Balaban J connectivity index is 2.15. The first-order valence-electron chi connectivity index (χ1n) is 6.74. The summed E-state index contributed by atoms with van der Waals surface area (Å²) in [6.07, 6.45) is 3.47. The number of benzene rings is 1. The van der Waals surface area contributed by atoms with E-state index in [2.05, 4.69) is 12.2 Å². The summed E-state index contributed by atoms with van der Waals surface area (Å²) in [7, 11) is 0. The quantitative estimate of drug-likeness (QED) is 0.849. The predicted molar refractivity (Wildman–Crippen MR) is 70.1 cm³/mol. The summed E-state index contributed by atoms with van der Waals surface area (Å²) in [5, 5.41) is 2.30. The van der Waals surface area contributed by atoms with Crippen molar-refractivity contribution in [3.05, 3.63) is 35.1 Å². The van der Waals surface area contributed by atoms with Gasteiger partial charge in [-0.2, -0.15) is 0 Å². The highest BCUT2D eigenvalue weighted by Crippen LogP contribution is 2.26. The molecule has 1 unspecified atom stereocenters. The second-order valence-electron chi connectivity index (χ2n) is 4.96. The van der Waals surface area contributed by atoms with Crippen LogP contribution in [0.3, 0.4) is 0 Å². The van der Waals surface area contributed by atoms with Crippen LogP contribution in [0.15, 0.2) is 18.2 Å². The zero-order valence-corrected chi connectivity index (χ0v) is 11.0. The van der Waals surface area contributed by atoms with Crippen molar-refractivity contribution in [1.29, 1.82) is 0 Å². The van der Waals surface area contributed by atoms with Gasteiger partial charge < -0.3 is 0 Å². The zero-order valence-electron chi connectivity index (χ0n) is 11.0. The van der Waals surface area contributed by atoms with Crippen LogP contribution in [0.2, 0.25) is 0 Å². The van der Waals surface area contributed by atoms with E-state index in [-0.39, 0.29) is 17.6 Å². The van der Waals surface area contributed by atoms with Gasteiger partial charge in [0, 0.05) is 6.42 Å². The van der Waals surface area contributed by atoms with Gasteiger partial charge in [0.1, 0.15) is 5.82 Å². The van der Waals surface area contributed by atoms with Crippen LogP contribution in [0, 0.1) is 5.82 Å². The molecule has 0 saturated carbocycles. The first-order chi connectivity index (χ1) is 9.11. The van der Waals surface area contributed by atoms with Gasteiger partial charge in [-0.3, -0.25) is 14.9 Å². The third kappa shape index (κ3) is 3.19. The van der Waals surface area contributed by atoms with Crippen molar-refractivity contribution >= 4 is 11.8 Å². The van der Waals surface area contributed by atoms with Gasteiger partial charge in [-0.1, -0.05) is 25.5 Å². The minimum Gasteiger partial charge on any atom is -0.296 e. The summed E-state index contributed by atoms with van der Waals surface area (Å²) in [4.78, 5) is 22.8. The maximum Gasteiger partial charge on any atom is 0.234 e. The maximum atomic E-state index is 13.9. The van der Waals surface area contributed by atoms with Gasteiger partial charge in [0.15, 0.2) is 0 Å². The molecular formula is C15H18FNO2. The fourth-order valence-electron chi connectivity index (χ4n) is 2.36. The normalized spacial score (nSPS) is 19.4. The number of amides is 2. The Hall–Kier alpha value is -1.71. The number of halogens is 1. The molecule has 102 valence electrons. The molecule has 0 aromatic heterocycles. The molecule has 4 heteroatoms. The Labute approximate surface area is 112 Å². The molecule has 1 aliphatic rings. The number of carbonyl (C=O) groups is 2. The molecule has 0 aliphatic carbocycles. The number of carbonyl (C=O) groups excluding carboxylic acids is 2. The highest BCUT2D eigenvalue weighted by molar-refractivity contribution is 6.00. The molecule has 0 spiro atoms. The van der Waals surface area contributed by atoms with Crippen molar-refractivity contribution in [2.45, 2.75) is 44.9 Å². The maximum absolute atomic E-state index is 13.9. The van der Waals surface area contributed by atoms with E-state index in [9.17, 15) is 14.0 Å². The molecule has 1 aromatic carbocycles. The fourth-order valence-corrected chi connectivity index (χ4v) is 2.36.